The Kier molecular flexibility index (Phi) is 2.78. The molecule has 5 nitrogen and oxygen atoms in total. The Morgan fingerprint density at radius 3 is 2.94 bits per heavy atom. The zero-order valence-electron chi connectivity index (χ0n) is 9.12. The van der Waals surface area contributed by atoms with E-state index in [1.807, 2.05) is 0 Å². The number of nitrogens with zero attached hydrogens (tertiary/aromatic N) is 1. The maximum Gasteiger partial charge on any atom is 0.274 e. The summed E-state index contributed by atoms with van der Waals surface area (Å²) in [6.45, 7) is 0. The van der Waals surface area contributed by atoms with Gasteiger partial charge in [0, 0.05) is 18.0 Å². The summed E-state index contributed by atoms with van der Waals surface area (Å²) in [7, 11) is 1.47. The highest BCUT2D eigenvalue weighted by atomic mass is 19.1. The van der Waals surface area contributed by atoms with E-state index in [-0.39, 0.29) is 11.8 Å². The van der Waals surface area contributed by atoms with Crippen molar-refractivity contribution in [3.05, 3.63) is 35.8 Å². The van der Waals surface area contributed by atoms with Gasteiger partial charge in [0.1, 0.15) is 11.5 Å². The quantitative estimate of drug-likeness (QED) is 0.507. The number of aromatic nitrogens is 1. The van der Waals surface area contributed by atoms with Crippen LogP contribution >= 0.6 is 0 Å². The predicted molar refractivity (Wildman–Crippen MR) is 63.3 cm³/mol. The number of carbonyl (C=O) groups is 1. The number of nitrogens with two attached hydrogens (primary N) is 1. The van der Waals surface area contributed by atoms with Crippen LogP contribution in [0.2, 0.25) is 0 Å². The van der Waals surface area contributed by atoms with Crippen molar-refractivity contribution in [3.8, 4) is 0 Å². The first-order chi connectivity index (χ1) is 8.10. The third kappa shape index (κ3) is 2.25. The molecule has 0 saturated carbocycles. The van der Waals surface area contributed by atoms with E-state index in [2.05, 4.69) is 15.3 Å². The SMILES string of the molecule is CN=C(N)NC(=O)c1cc2cc(F)ccc2[nH]1. The Labute approximate surface area is 96.5 Å². The van der Waals surface area contributed by atoms with Gasteiger partial charge in [0.2, 0.25) is 0 Å². The number of aliphatic imine (C=N–C) groups is 1. The van der Waals surface area contributed by atoms with Crippen LogP contribution in [0.4, 0.5) is 4.39 Å². The number of fused-ring (bicyclic) bond motifs is 1. The van der Waals surface area contributed by atoms with Gasteiger partial charge in [-0.1, -0.05) is 0 Å². The van der Waals surface area contributed by atoms with Gasteiger partial charge >= 0.3 is 0 Å². The number of guanidine groups is 1. The molecule has 0 spiro atoms. The minimum absolute atomic E-state index is 0.0276. The average Bonchev–Trinajstić information content (AvgIpc) is 2.71. The Balaban J connectivity index is 2.33. The van der Waals surface area contributed by atoms with E-state index >= 15 is 0 Å². The molecule has 0 aliphatic heterocycles. The lowest BCUT2D eigenvalue weighted by Crippen LogP contribution is -2.36. The number of aromatic amines is 1. The summed E-state index contributed by atoms with van der Waals surface area (Å²) in [5.74, 6) is -0.734. The van der Waals surface area contributed by atoms with Crippen molar-refractivity contribution in [1.29, 1.82) is 0 Å². The maximum absolute atomic E-state index is 13.0. The summed E-state index contributed by atoms with van der Waals surface area (Å²) in [4.78, 5) is 18.1. The fourth-order valence-electron chi connectivity index (χ4n) is 1.47. The molecule has 0 unspecified atom stereocenters. The lowest BCUT2D eigenvalue weighted by atomic mass is 10.2. The maximum atomic E-state index is 13.0. The fraction of sp³-hybridized carbons (Fsp3) is 0.0909. The normalized spacial score (nSPS) is 11.8. The third-order valence-corrected chi connectivity index (χ3v) is 2.31. The molecule has 0 radical (unpaired) electrons. The first kappa shape index (κ1) is 11.1. The van der Waals surface area contributed by atoms with Crippen molar-refractivity contribution in [2.24, 2.45) is 10.7 Å². The summed E-state index contributed by atoms with van der Waals surface area (Å²) in [6.07, 6.45) is 0. The molecule has 6 heteroatoms. The Morgan fingerprint density at radius 1 is 1.47 bits per heavy atom. The third-order valence-electron chi connectivity index (χ3n) is 2.31. The van der Waals surface area contributed by atoms with Crippen molar-refractivity contribution in [2.75, 3.05) is 7.05 Å². The lowest BCUT2D eigenvalue weighted by Gasteiger charge is -2.00. The topological polar surface area (TPSA) is 83.3 Å². The van der Waals surface area contributed by atoms with Gasteiger partial charge in [-0.15, -0.1) is 0 Å². The number of hydrogen-bond acceptors (Lipinski definition) is 2. The monoisotopic (exact) mass is 234 g/mol. The Morgan fingerprint density at radius 2 is 2.24 bits per heavy atom. The van der Waals surface area contributed by atoms with Crippen LogP contribution < -0.4 is 11.1 Å². The smallest absolute Gasteiger partial charge is 0.274 e. The van der Waals surface area contributed by atoms with E-state index in [0.717, 1.165) is 0 Å². The van der Waals surface area contributed by atoms with E-state index in [4.69, 9.17) is 5.73 Å². The van der Waals surface area contributed by atoms with Crippen LogP contribution in [0.15, 0.2) is 29.3 Å². The number of carbonyl (C=O) groups excluding carboxylic acids is 1. The summed E-state index contributed by atoms with van der Waals surface area (Å²) < 4.78 is 13.0. The van der Waals surface area contributed by atoms with Crippen LogP contribution in [0, 0.1) is 5.82 Å². The molecule has 0 bridgehead atoms. The second-order valence-corrected chi connectivity index (χ2v) is 3.48. The minimum atomic E-state index is -0.412. The van der Waals surface area contributed by atoms with Gasteiger partial charge in [-0.2, -0.15) is 0 Å². The van der Waals surface area contributed by atoms with Crippen LogP contribution in [0.25, 0.3) is 10.9 Å². The van der Waals surface area contributed by atoms with E-state index in [1.54, 1.807) is 12.1 Å². The number of H-pyrrole nitrogens is 1. The number of amides is 1. The van der Waals surface area contributed by atoms with Crippen LogP contribution in [-0.2, 0) is 0 Å². The summed E-state index contributed by atoms with van der Waals surface area (Å²) in [5, 5.41) is 3.01. The zero-order valence-corrected chi connectivity index (χ0v) is 9.12. The summed E-state index contributed by atoms with van der Waals surface area (Å²) in [5.41, 5.74) is 6.36. The van der Waals surface area contributed by atoms with Gasteiger partial charge in [-0.05, 0) is 24.3 Å². The molecule has 2 aromatic rings. The molecule has 0 atom stereocenters. The summed E-state index contributed by atoms with van der Waals surface area (Å²) >= 11 is 0. The molecule has 1 aromatic carbocycles. The molecule has 4 N–H and O–H groups in total. The first-order valence-electron chi connectivity index (χ1n) is 4.92. The van der Waals surface area contributed by atoms with Crippen LogP contribution in [0.1, 0.15) is 10.5 Å². The first-order valence-corrected chi connectivity index (χ1v) is 4.92. The largest absolute Gasteiger partial charge is 0.370 e. The molecular weight excluding hydrogens is 223 g/mol. The molecule has 0 aliphatic rings. The second-order valence-electron chi connectivity index (χ2n) is 3.48. The highest BCUT2D eigenvalue weighted by Gasteiger charge is 2.10. The number of rotatable bonds is 1. The zero-order chi connectivity index (χ0) is 12.4. The van der Waals surface area contributed by atoms with E-state index in [1.165, 1.54) is 19.2 Å². The average molecular weight is 234 g/mol. The molecule has 2 rings (SSSR count). The molecule has 1 aromatic heterocycles. The second kappa shape index (κ2) is 4.25. The van der Waals surface area contributed by atoms with E-state index < -0.39 is 5.91 Å². The van der Waals surface area contributed by atoms with Crippen molar-refractivity contribution < 1.29 is 9.18 Å². The van der Waals surface area contributed by atoms with Crippen molar-refractivity contribution in [2.45, 2.75) is 0 Å². The highest BCUT2D eigenvalue weighted by molar-refractivity contribution is 6.06. The van der Waals surface area contributed by atoms with Crippen LogP contribution in [-0.4, -0.2) is 23.9 Å². The lowest BCUT2D eigenvalue weighted by molar-refractivity contribution is 0.0972. The number of nitrogens with one attached hydrogen (secondary N) is 2. The Bertz CT molecular complexity index is 603. The standard InChI is InChI=1S/C11H11FN4O/c1-14-11(13)16-10(17)9-5-6-4-7(12)2-3-8(6)15-9/h2-5,15H,1H3,(H3,13,14,16,17). The molecule has 0 saturated heterocycles. The molecule has 1 heterocycles. The van der Waals surface area contributed by atoms with Crippen LogP contribution in [0.5, 0.6) is 0 Å². The van der Waals surface area contributed by atoms with Crippen LogP contribution in [0.3, 0.4) is 0 Å². The molecule has 0 fully saturated rings. The minimum Gasteiger partial charge on any atom is -0.370 e. The predicted octanol–water partition coefficient (Wildman–Crippen LogP) is 0.981. The highest BCUT2D eigenvalue weighted by Crippen LogP contribution is 2.16. The van der Waals surface area contributed by atoms with Crippen molar-refractivity contribution in [3.63, 3.8) is 0 Å². The molecule has 1 amide bonds. The van der Waals surface area contributed by atoms with Crippen molar-refractivity contribution in [1.82, 2.24) is 10.3 Å². The summed E-state index contributed by atoms with van der Waals surface area (Å²) in [6, 6.07) is 5.79. The number of benzene rings is 1. The fourth-order valence-corrected chi connectivity index (χ4v) is 1.47. The Hall–Kier alpha value is -2.37. The number of halogens is 1. The molecule has 88 valence electrons. The van der Waals surface area contributed by atoms with Crippen molar-refractivity contribution >= 4 is 22.8 Å². The number of hydrogen-bond donors (Lipinski definition) is 3. The van der Waals surface area contributed by atoms with Gasteiger partial charge < -0.3 is 10.7 Å². The van der Waals surface area contributed by atoms with Gasteiger partial charge in [-0.3, -0.25) is 15.1 Å². The molecular formula is C11H11FN4O. The van der Waals surface area contributed by atoms with Gasteiger partial charge in [-0.25, -0.2) is 4.39 Å². The molecule has 17 heavy (non-hydrogen) atoms. The van der Waals surface area contributed by atoms with Gasteiger partial charge in [0.05, 0.1) is 0 Å². The molecule has 0 aliphatic carbocycles. The van der Waals surface area contributed by atoms with E-state index in [0.29, 0.717) is 16.6 Å². The van der Waals surface area contributed by atoms with Gasteiger partial charge in [0.25, 0.3) is 5.91 Å². The van der Waals surface area contributed by atoms with Gasteiger partial charge in [0.15, 0.2) is 5.96 Å². The van der Waals surface area contributed by atoms with E-state index in [9.17, 15) is 9.18 Å².